The van der Waals surface area contributed by atoms with Gasteiger partial charge in [0.25, 0.3) is 5.91 Å². The minimum atomic E-state index is -0.141. The first-order valence-electron chi connectivity index (χ1n) is 6.73. The van der Waals surface area contributed by atoms with Crippen LogP contribution in [0.1, 0.15) is 34.8 Å². The molecule has 0 spiro atoms. The lowest BCUT2D eigenvalue weighted by molar-refractivity contribution is 0.0637. The van der Waals surface area contributed by atoms with Crippen LogP contribution in [0.15, 0.2) is 35.3 Å². The molecule has 1 amide bonds. The molecular formula is C15H17N3O2. The topological polar surface area (TPSA) is 58.1 Å². The average molecular weight is 271 g/mol. The van der Waals surface area contributed by atoms with Crippen molar-refractivity contribution in [2.45, 2.75) is 26.4 Å². The van der Waals surface area contributed by atoms with E-state index in [4.69, 9.17) is 0 Å². The van der Waals surface area contributed by atoms with E-state index in [1.807, 2.05) is 25.3 Å². The molecule has 1 atom stereocenters. The quantitative estimate of drug-likeness (QED) is 0.858. The molecule has 0 aliphatic carbocycles. The number of amides is 1. The molecule has 0 fully saturated rings. The third kappa shape index (κ3) is 2.05. The smallest absolute Gasteiger partial charge is 0.271 e. The molecule has 0 aromatic carbocycles. The summed E-state index contributed by atoms with van der Waals surface area (Å²) in [5.41, 5.74) is 2.05. The largest absolute Gasteiger partial charge is 0.354 e. The lowest BCUT2D eigenvalue weighted by Crippen LogP contribution is -2.41. The fourth-order valence-electron chi connectivity index (χ4n) is 2.81. The number of hydrogen-bond acceptors (Lipinski definition) is 2. The third-order valence-electron chi connectivity index (χ3n) is 3.81. The van der Waals surface area contributed by atoms with Crippen LogP contribution in [0, 0.1) is 6.92 Å². The number of aromatic amines is 1. The van der Waals surface area contributed by atoms with Gasteiger partial charge in [-0.2, -0.15) is 0 Å². The molecule has 0 saturated carbocycles. The second-order valence-electron chi connectivity index (χ2n) is 5.21. The van der Waals surface area contributed by atoms with Crippen LogP contribution < -0.4 is 5.43 Å². The number of H-pyrrole nitrogens is 1. The number of carbonyl (C=O) groups is 1. The molecule has 1 aliphatic rings. The Bertz CT molecular complexity index is 714. The molecule has 1 unspecified atom stereocenters. The maximum Gasteiger partial charge on any atom is 0.271 e. The van der Waals surface area contributed by atoms with E-state index in [1.165, 1.54) is 12.1 Å². The highest BCUT2D eigenvalue weighted by Gasteiger charge is 2.28. The van der Waals surface area contributed by atoms with Gasteiger partial charge in [-0.15, -0.1) is 0 Å². The second-order valence-corrected chi connectivity index (χ2v) is 5.21. The Kier molecular flexibility index (Phi) is 2.97. The van der Waals surface area contributed by atoms with E-state index >= 15 is 0 Å². The number of fused-ring (bicyclic) bond motifs is 1. The van der Waals surface area contributed by atoms with Crippen molar-refractivity contribution >= 4 is 5.91 Å². The summed E-state index contributed by atoms with van der Waals surface area (Å²) >= 11 is 0. The molecule has 2 aromatic heterocycles. The first-order chi connectivity index (χ1) is 9.56. The molecule has 1 N–H and O–H groups in total. The number of hydrogen-bond donors (Lipinski definition) is 1. The van der Waals surface area contributed by atoms with E-state index in [0.29, 0.717) is 17.9 Å². The van der Waals surface area contributed by atoms with E-state index in [1.54, 1.807) is 11.8 Å². The van der Waals surface area contributed by atoms with Crippen LogP contribution in [0.2, 0.25) is 0 Å². The third-order valence-corrected chi connectivity index (χ3v) is 3.81. The molecular weight excluding hydrogens is 254 g/mol. The van der Waals surface area contributed by atoms with Gasteiger partial charge < -0.3 is 14.5 Å². The zero-order valence-electron chi connectivity index (χ0n) is 11.6. The number of nitrogens with one attached hydrogen (secondary N) is 1. The summed E-state index contributed by atoms with van der Waals surface area (Å²) < 4.78 is 2.16. The van der Waals surface area contributed by atoms with Crippen LogP contribution in [-0.2, 0) is 6.54 Å². The Balaban J connectivity index is 1.94. The summed E-state index contributed by atoms with van der Waals surface area (Å²) in [7, 11) is 0. The van der Waals surface area contributed by atoms with Crippen LogP contribution in [0.25, 0.3) is 0 Å². The molecule has 0 bridgehead atoms. The van der Waals surface area contributed by atoms with Crippen LogP contribution in [-0.4, -0.2) is 26.9 Å². The molecule has 5 nitrogen and oxygen atoms in total. The highest BCUT2D eigenvalue weighted by molar-refractivity contribution is 5.92. The van der Waals surface area contributed by atoms with Gasteiger partial charge in [0.2, 0.25) is 0 Å². The van der Waals surface area contributed by atoms with E-state index in [2.05, 4.69) is 9.55 Å². The number of nitrogens with zero attached hydrogens (tertiary/aromatic N) is 2. The molecule has 0 saturated heterocycles. The number of rotatable bonds is 1. The number of aryl methyl sites for hydroxylation is 1. The standard InChI is InChI=1S/C15H17N3O2/c1-10-8-12(19)9-13(16-10)15(20)18-7-6-17-5-3-4-14(17)11(18)2/h3-5,8-9,11H,6-7H2,1-2H3,(H,16,19). The minimum absolute atomic E-state index is 0.00950. The first-order valence-corrected chi connectivity index (χ1v) is 6.73. The fraction of sp³-hybridized carbons (Fsp3) is 0.333. The van der Waals surface area contributed by atoms with Crippen molar-refractivity contribution in [2.75, 3.05) is 6.54 Å². The SMILES string of the molecule is Cc1cc(=O)cc(C(=O)N2CCn3cccc3C2C)[nH]1. The average Bonchev–Trinajstić information content (AvgIpc) is 2.86. The number of carbonyl (C=O) groups excluding carboxylic acids is 1. The van der Waals surface area contributed by atoms with E-state index < -0.39 is 0 Å². The predicted octanol–water partition coefficient (Wildman–Crippen LogP) is 1.70. The van der Waals surface area contributed by atoms with E-state index in [-0.39, 0.29) is 17.4 Å². The minimum Gasteiger partial charge on any atom is -0.354 e. The van der Waals surface area contributed by atoms with Crippen molar-refractivity contribution in [2.24, 2.45) is 0 Å². The van der Waals surface area contributed by atoms with E-state index in [0.717, 1.165) is 12.2 Å². The fourth-order valence-corrected chi connectivity index (χ4v) is 2.81. The van der Waals surface area contributed by atoms with Gasteiger partial charge in [0, 0.05) is 42.8 Å². The van der Waals surface area contributed by atoms with Gasteiger partial charge in [-0.05, 0) is 26.0 Å². The summed E-state index contributed by atoms with van der Waals surface area (Å²) in [4.78, 5) is 28.9. The lowest BCUT2D eigenvalue weighted by Gasteiger charge is -2.34. The normalized spacial score (nSPS) is 17.9. The molecule has 0 radical (unpaired) electrons. The van der Waals surface area contributed by atoms with Crippen molar-refractivity contribution in [3.8, 4) is 0 Å². The zero-order valence-corrected chi connectivity index (χ0v) is 11.6. The Labute approximate surface area is 116 Å². The van der Waals surface area contributed by atoms with E-state index in [9.17, 15) is 9.59 Å². The zero-order chi connectivity index (χ0) is 14.3. The van der Waals surface area contributed by atoms with Gasteiger partial charge in [0.05, 0.1) is 6.04 Å². The van der Waals surface area contributed by atoms with Gasteiger partial charge in [-0.3, -0.25) is 9.59 Å². The molecule has 3 rings (SSSR count). The van der Waals surface area contributed by atoms with Crippen LogP contribution in [0.4, 0.5) is 0 Å². The molecule has 5 heteroatoms. The lowest BCUT2D eigenvalue weighted by atomic mass is 10.1. The Morgan fingerprint density at radius 2 is 2.15 bits per heavy atom. The summed E-state index contributed by atoms with van der Waals surface area (Å²) in [5, 5.41) is 0. The van der Waals surface area contributed by atoms with Crippen molar-refractivity contribution in [1.29, 1.82) is 0 Å². The van der Waals surface area contributed by atoms with Crippen molar-refractivity contribution in [3.63, 3.8) is 0 Å². The molecule has 2 aromatic rings. The summed E-state index contributed by atoms with van der Waals surface area (Å²) in [6.45, 7) is 5.23. The first kappa shape index (κ1) is 12.7. The Hall–Kier alpha value is -2.30. The summed E-state index contributed by atoms with van der Waals surface area (Å²) in [6.07, 6.45) is 2.03. The molecule has 3 heterocycles. The van der Waals surface area contributed by atoms with Gasteiger partial charge in [0.1, 0.15) is 5.69 Å². The number of aromatic nitrogens is 2. The highest BCUT2D eigenvalue weighted by Crippen LogP contribution is 2.26. The second kappa shape index (κ2) is 4.67. The summed E-state index contributed by atoms with van der Waals surface area (Å²) in [5.74, 6) is -0.120. The molecule has 104 valence electrons. The predicted molar refractivity (Wildman–Crippen MR) is 75.7 cm³/mol. The van der Waals surface area contributed by atoms with Gasteiger partial charge in [-0.25, -0.2) is 0 Å². The summed E-state index contributed by atoms with van der Waals surface area (Å²) in [6, 6.07) is 6.89. The maximum absolute atomic E-state index is 12.6. The highest BCUT2D eigenvalue weighted by atomic mass is 16.2. The Morgan fingerprint density at radius 3 is 2.90 bits per heavy atom. The number of pyridine rings is 1. The van der Waals surface area contributed by atoms with Crippen LogP contribution >= 0.6 is 0 Å². The molecule has 20 heavy (non-hydrogen) atoms. The monoisotopic (exact) mass is 271 g/mol. The van der Waals surface area contributed by atoms with Gasteiger partial charge in [-0.1, -0.05) is 0 Å². The van der Waals surface area contributed by atoms with Crippen molar-refractivity contribution < 1.29 is 4.79 Å². The van der Waals surface area contributed by atoms with Gasteiger partial charge >= 0.3 is 0 Å². The van der Waals surface area contributed by atoms with Crippen LogP contribution in [0.3, 0.4) is 0 Å². The van der Waals surface area contributed by atoms with Crippen molar-refractivity contribution in [3.05, 3.63) is 57.8 Å². The maximum atomic E-state index is 12.6. The van der Waals surface area contributed by atoms with Crippen LogP contribution in [0.5, 0.6) is 0 Å². The molecule has 1 aliphatic heterocycles. The van der Waals surface area contributed by atoms with Gasteiger partial charge in [0.15, 0.2) is 5.43 Å². The Morgan fingerprint density at radius 1 is 1.35 bits per heavy atom. The van der Waals surface area contributed by atoms with Crippen molar-refractivity contribution in [1.82, 2.24) is 14.5 Å².